The third-order valence-corrected chi connectivity index (χ3v) is 3.53. The molecule has 1 atom stereocenters. The zero-order valence-electron chi connectivity index (χ0n) is 12.9. The summed E-state index contributed by atoms with van der Waals surface area (Å²) in [4.78, 5) is 13.2. The summed E-state index contributed by atoms with van der Waals surface area (Å²) in [6, 6.07) is 16.2. The van der Waals surface area contributed by atoms with Gasteiger partial charge in [-0.15, -0.1) is 0 Å². The number of carbonyl (C=O) groups is 1. The maximum absolute atomic E-state index is 12.9. The van der Waals surface area contributed by atoms with Gasteiger partial charge in [-0.1, -0.05) is 42.0 Å². The van der Waals surface area contributed by atoms with Crippen molar-refractivity contribution < 1.29 is 9.18 Å². The van der Waals surface area contributed by atoms with Crippen LogP contribution in [0.5, 0.6) is 0 Å². The Morgan fingerprint density at radius 1 is 1.14 bits per heavy atom. The van der Waals surface area contributed by atoms with Crippen molar-refractivity contribution in [2.45, 2.75) is 19.4 Å². The van der Waals surface area contributed by atoms with Crippen molar-refractivity contribution in [1.29, 1.82) is 0 Å². The maximum Gasteiger partial charge on any atom is 0.244 e. The molecule has 0 spiro atoms. The van der Waals surface area contributed by atoms with Gasteiger partial charge in [0.15, 0.2) is 0 Å². The molecule has 0 aromatic heterocycles. The Morgan fingerprint density at radius 3 is 2.36 bits per heavy atom. The molecule has 1 saturated heterocycles. The summed E-state index contributed by atoms with van der Waals surface area (Å²) < 4.78 is 12.9. The van der Waals surface area contributed by atoms with Gasteiger partial charge in [0.05, 0.1) is 0 Å². The molecule has 1 fully saturated rings. The fourth-order valence-corrected chi connectivity index (χ4v) is 2.27. The standard InChI is InChI=1S/C11H13FN2O.C7H8/c1-14-6-5-10(11(14)15)13-9-4-2-3-8(12)7-9;1-7-5-3-2-4-6-7/h2-4,7,10,13H,5-6H2,1H3;2-6H,1H3. The van der Waals surface area contributed by atoms with E-state index in [0.29, 0.717) is 5.69 Å². The number of amides is 1. The predicted molar refractivity (Wildman–Crippen MR) is 87.2 cm³/mol. The van der Waals surface area contributed by atoms with E-state index in [1.165, 1.54) is 17.7 Å². The molecule has 0 bridgehead atoms. The van der Waals surface area contributed by atoms with Gasteiger partial charge in [-0.25, -0.2) is 4.39 Å². The first-order chi connectivity index (χ1) is 10.6. The molecule has 1 amide bonds. The van der Waals surface area contributed by atoms with Crippen LogP contribution in [0.1, 0.15) is 12.0 Å². The zero-order chi connectivity index (χ0) is 15.9. The third kappa shape index (κ3) is 4.58. The minimum absolute atomic E-state index is 0.0688. The van der Waals surface area contributed by atoms with Gasteiger partial charge in [0.2, 0.25) is 5.91 Å². The van der Waals surface area contributed by atoms with Gasteiger partial charge in [0.1, 0.15) is 11.9 Å². The average molecular weight is 300 g/mol. The van der Waals surface area contributed by atoms with Crippen molar-refractivity contribution in [3.8, 4) is 0 Å². The number of benzene rings is 2. The van der Waals surface area contributed by atoms with Crippen LogP contribution in [0, 0.1) is 12.7 Å². The Labute approximate surface area is 130 Å². The van der Waals surface area contributed by atoms with E-state index in [9.17, 15) is 9.18 Å². The van der Waals surface area contributed by atoms with Gasteiger partial charge in [-0.2, -0.15) is 0 Å². The number of carbonyl (C=O) groups excluding carboxylic acids is 1. The molecule has 3 nitrogen and oxygen atoms in total. The van der Waals surface area contributed by atoms with E-state index in [0.717, 1.165) is 13.0 Å². The van der Waals surface area contributed by atoms with E-state index in [1.54, 1.807) is 24.1 Å². The van der Waals surface area contributed by atoms with E-state index >= 15 is 0 Å². The van der Waals surface area contributed by atoms with Crippen LogP contribution in [0.4, 0.5) is 10.1 Å². The Morgan fingerprint density at radius 2 is 1.86 bits per heavy atom. The molecule has 1 aliphatic heterocycles. The molecule has 1 N–H and O–H groups in total. The number of hydrogen-bond donors (Lipinski definition) is 1. The molecule has 2 aromatic rings. The number of rotatable bonds is 2. The second-order valence-corrected chi connectivity index (χ2v) is 5.41. The van der Waals surface area contributed by atoms with Crippen LogP contribution >= 0.6 is 0 Å². The molecule has 3 rings (SSSR count). The second kappa shape index (κ2) is 7.59. The number of halogens is 1. The topological polar surface area (TPSA) is 32.3 Å². The number of anilines is 1. The Bertz CT molecular complexity index is 615. The van der Waals surface area contributed by atoms with Crippen LogP contribution in [0.2, 0.25) is 0 Å². The lowest BCUT2D eigenvalue weighted by Crippen LogP contribution is -2.30. The Balaban J connectivity index is 0.000000211. The van der Waals surface area contributed by atoms with Crippen molar-refractivity contribution >= 4 is 11.6 Å². The smallest absolute Gasteiger partial charge is 0.244 e. The van der Waals surface area contributed by atoms with Crippen molar-refractivity contribution in [2.24, 2.45) is 0 Å². The summed E-state index contributed by atoms with van der Waals surface area (Å²) in [7, 11) is 1.77. The Hall–Kier alpha value is -2.36. The van der Waals surface area contributed by atoms with Crippen LogP contribution in [0.3, 0.4) is 0 Å². The highest BCUT2D eigenvalue weighted by atomic mass is 19.1. The SMILES string of the molecule is CN1CCC(Nc2cccc(F)c2)C1=O.Cc1ccccc1. The molecule has 1 unspecified atom stereocenters. The van der Waals surface area contributed by atoms with E-state index in [-0.39, 0.29) is 17.8 Å². The van der Waals surface area contributed by atoms with Crippen molar-refractivity contribution in [2.75, 3.05) is 18.9 Å². The number of likely N-dealkylation sites (tertiary alicyclic amines) is 1. The van der Waals surface area contributed by atoms with Crippen LogP contribution < -0.4 is 5.32 Å². The Kier molecular flexibility index (Phi) is 5.53. The summed E-state index contributed by atoms with van der Waals surface area (Å²) >= 11 is 0. The molecule has 0 saturated carbocycles. The van der Waals surface area contributed by atoms with Crippen LogP contribution in [-0.2, 0) is 4.79 Å². The van der Waals surface area contributed by atoms with Gasteiger partial charge in [0, 0.05) is 19.3 Å². The van der Waals surface area contributed by atoms with E-state index in [1.807, 2.05) is 18.2 Å². The molecule has 22 heavy (non-hydrogen) atoms. The lowest BCUT2D eigenvalue weighted by Gasteiger charge is -2.13. The molecule has 0 aliphatic carbocycles. The average Bonchev–Trinajstić information content (AvgIpc) is 2.81. The molecule has 1 aliphatic rings. The first-order valence-electron chi connectivity index (χ1n) is 7.35. The van der Waals surface area contributed by atoms with E-state index in [4.69, 9.17) is 0 Å². The lowest BCUT2D eigenvalue weighted by atomic mass is 10.2. The van der Waals surface area contributed by atoms with Crippen molar-refractivity contribution in [1.82, 2.24) is 4.90 Å². The molecular formula is C18H21FN2O. The molecule has 2 aromatic carbocycles. The minimum Gasteiger partial charge on any atom is -0.374 e. The van der Waals surface area contributed by atoms with Crippen LogP contribution in [0.15, 0.2) is 54.6 Å². The highest BCUT2D eigenvalue weighted by Crippen LogP contribution is 2.16. The second-order valence-electron chi connectivity index (χ2n) is 5.41. The van der Waals surface area contributed by atoms with E-state index in [2.05, 4.69) is 24.4 Å². The fraction of sp³-hybridized carbons (Fsp3) is 0.278. The van der Waals surface area contributed by atoms with Crippen LogP contribution in [0.25, 0.3) is 0 Å². The third-order valence-electron chi connectivity index (χ3n) is 3.53. The number of nitrogens with one attached hydrogen (secondary N) is 1. The summed E-state index contributed by atoms with van der Waals surface area (Å²) in [5.41, 5.74) is 1.98. The summed E-state index contributed by atoms with van der Waals surface area (Å²) in [5, 5.41) is 3.03. The summed E-state index contributed by atoms with van der Waals surface area (Å²) in [5.74, 6) is -0.224. The molecular weight excluding hydrogens is 279 g/mol. The van der Waals surface area contributed by atoms with Crippen LogP contribution in [-0.4, -0.2) is 30.4 Å². The van der Waals surface area contributed by atoms with Gasteiger partial charge < -0.3 is 10.2 Å². The molecule has 116 valence electrons. The normalized spacial score (nSPS) is 17.0. The van der Waals surface area contributed by atoms with Gasteiger partial charge >= 0.3 is 0 Å². The first kappa shape index (κ1) is 16.0. The van der Waals surface area contributed by atoms with E-state index < -0.39 is 0 Å². The lowest BCUT2D eigenvalue weighted by molar-refractivity contribution is -0.127. The maximum atomic E-state index is 12.9. The summed E-state index contributed by atoms with van der Waals surface area (Å²) in [6.45, 7) is 2.84. The van der Waals surface area contributed by atoms with Gasteiger partial charge in [-0.05, 0) is 31.5 Å². The predicted octanol–water partition coefficient (Wildman–Crippen LogP) is 3.46. The quantitative estimate of drug-likeness (QED) is 0.921. The van der Waals surface area contributed by atoms with Gasteiger partial charge in [-0.3, -0.25) is 4.79 Å². The highest BCUT2D eigenvalue weighted by Gasteiger charge is 2.28. The molecule has 1 heterocycles. The largest absolute Gasteiger partial charge is 0.374 e. The van der Waals surface area contributed by atoms with Crippen molar-refractivity contribution in [3.05, 3.63) is 66.0 Å². The molecule has 0 radical (unpaired) electrons. The van der Waals surface area contributed by atoms with Crippen molar-refractivity contribution in [3.63, 3.8) is 0 Å². The fourth-order valence-electron chi connectivity index (χ4n) is 2.27. The van der Waals surface area contributed by atoms with Gasteiger partial charge in [0.25, 0.3) is 0 Å². The minimum atomic E-state index is -0.293. The summed E-state index contributed by atoms with van der Waals surface area (Å²) in [6.07, 6.45) is 0.770. The first-order valence-corrected chi connectivity index (χ1v) is 7.35. The molecule has 4 heteroatoms. The highest BCUT2D eigenvalue weighted by molar-refractivity contribution is 5.86. The number of hydrogen-bond acceptors (Lipinski definition) is 2. The number of nitrogens with zero attached hydrogens (tertiary/aromatic N) is 1. The zero-order valence-corrected chi connectivity index (χ0v) is 12.9. The number of likely N-dealkylation sites (N-methyl/N-ethyl adjacent to an activating group) is 1. The number of aryl methyl sites for hydroxylation is 1. The monoisotopic (exact) mass is 300 g/mol.